The molecular formula is C23H30N4O2. The first-order chi connectivity index (χ1) is 14.2. The van der Waals surface area contributed by atoms with E-state index in [1.165, 1.54) is 12.8 Å². The van der Waals surface area contributed by atoms with Crippen LogP contribution in [0.4, 0.5) is 0 Å². The molecule has 6 heteroatoms. The summed E-state index contributed by atoms with van der Waals surface area (Å²) in [6.07, 6.45) is 9.43. The fourth-order valence-corrected chi connectivity index (χ4v) is 4.59. The number of aromatic amines is 1. The molecule has 2 amide bonds. The molecule has 2 aromatic rings. The number of benzene rings is 1. The van der Waals surface area contributed by atoms with Gasteiger partial charge in [-0.2, -0.15) is 0 Å². The van der Waals surface area contributed by atoms with Gasteiger partial charge in [-0.3, -0.25) is 14.5 Å². The molecule has 0 unspecified atom stereocenters. The van der Waals surface area contributed by atoms with Crippen LogP contribution in [0, 0.1) is 5.92 Å². The van der Waals surface area contributed by atoms with Gasteiger partial charge in [0.05, 0.1) is 0 Å². The number of aromatic nitrogens is 1. The van der Waals surface area contributed by atoms with Gasteiger partial charge in [0.2, 0.25) is 5.91 Å². The molecule has 2 atom stereocenters. The number of carbonyl (C=O) groups excluding carboxylic acids is 2. The van der Waals surface area contributed by atoms with Crippen LogP contribution in [0.2, 0.25) is 0 Å². The predicted octanol–water partition coefficient (Wildman–Crippen LogP) is 2.81. The largest absolute Gasteiger partial charge is 0.361 e. The minimum Gasteiger partial charge on any atom is -0.361 e. The maximum Gasteiger partial charge on any atom is 0.251 e. The van der Waals surface area contributed by atoms with Crippen molar-refractivity contribution in [2.45, 2.75) is 63.1 Å². The fourth-order valence-electron chi connectivity index (χ4n) is 4.59. The fraction of sp³-hybridized carbons (Fsp3) is 0.565. The first-order valence-corrected chi connectivity index (χ1v) is 11.1. The second-order valence-electron chi connectivity index (χ2n) is 9.06. The molecule has 154 valence electrons. The zero-order valence-electron chi connectivity index (χ0n) is 16.8. The van der Waals surface area contributed by atoms with Crippen molar-refractivity contribution in [2.24, 2.45) is 5.92 Å². The summed E-state index contributed by atoms with van der Waals surface area (Å²) in [6.45, 7) is 1.72. The smallest absolute Gasteiger partial charge is 0.251 e. The average molecular weight is 395 g/mol. The van der Waals surface area contributed by atoms with E-state index in [0.717, 1.165) is 49.0 Å². The molecule has 29 heavy (non-hydrogen) atoms. The number of H-pyrrole nitrogens is 1. The Morgan fingerprint density at radius 1 is 1.03 bits per heavy atom. The van der Waals surface area contributed by atoms with Crippen LogP contribution in [0.1, 0.15) is 55.3 Å². The van der Waals surface area contributed by atoms with Crippen molar-refractivity contribution in [3.8, 4) is 0 Å². The lowest BCUT2D eigenvalue weighted by Crippen LogP contribution is -2.45. The Labute approximate surface area is 171 Å². The summed E-state index contributed by atoms with van der Waals surface area (Å²) in [7, 11) is 0. The molecule has 1 saturated heterocycles. The number of rotatable bonds is 8. The van der Waals surface area contributed by atoms with Crippen LogP contribution < -0.4 is 10.6 Å². The molecule has 5 rings (SSSR count). The highest BCUT2D eigenvalue weighted by Gasteiger charge is 2.38. The van der Waals surface area contributed by atoms with Gasteiger partial charge in [0.1, 0.15) is 0 Å². The van der Waals surface area contributed by atoms with Gasteiger partial charge >= 0.3 is 0 Å². The average Bonchev–Trinajstić information content (AvgIpc) is 3.62. The molecule has 1 aliphatic heterocycles. The zero-order valence-corrected chi connectivity index (χ0v) is 16.8. The van der Waals surface area contributed by atoms with Gasteiger partial charge in [0.25, 0.3) is 5.91 Å². The molecule has 1 aromatic heterocycles. The van der Waals surface area contributed by atoms with E-state index in [9.17, 15) is 9.59 Å². The van der Waals surface area contributed by atoms with Crippen LogP contribution in [0.15, 0.2) is 30.5 Å². The molecular weight excluding hydrogens is 364 g/mol. The Morgan fingerprint density at radius 3 is 2.66 bits per heavy atom. The molecule has 3 fully saturated rings. The van der Waals surface area contributed by atoms with E-state index in [2.05, 4.69) is 20.5 Å². The molecule has 1 aromatic carbocycles. The van der Waals surface area contributed by atoms with E-state index in [-0.39, 0.29) is 11.8 Å². The third-order valence-corrected chi connectivity index (χ3v) is 6.61. The zero-order chi connectivity index (χ0) is 19.8. The summed E-state index contributed by atoms with van der Waals surface area (Å²) in [4.78, 5) is 30.7. The van der Waals surface area contributed by atoms with E-state index in [4.69, 9.17) is 0 Å². The van der Waals surface area contributed by atoms with Crippen LogP contribution in [-0.2, 0) is 4.79 Å². The molecule has 0 radical (unpaired) electrons. The lowest BCUT2D eigenvalue weighted by atomic mass is 10.1. The molecule has 0 bridgehead atoms. The van der Waals surface area contributed by atoms with Gasteiger partial charge < -0.3 is 15.6 Å². The van der Waals surface area contributed by atoms with Gasteiger partial charge in [0.15, 0.2) is 0 Å². The summed E-state index contributed by atoms with van der Waals surface area (Å²) in [5.41, 5.74) is 1.74. The van der Waals surface area contributed by atoms with Crippen molar-refractivity contribution in [1.82, 2.24) is 20.5 Å². The Hall–Kier alpha value is -2.34. The minimum atomic E-state index is -0.0191. The normalized spacial score (nSPS) is 24.7. The Kier molecular flexibility index (Phi) is 5.04. The number of fused-ring (bicyclic) bond motifs is 1. The molecule has 0 spiro atoms. The molecule has 3 aliphatic rings. The highest BCUT2D eigenvalue weighted by Crippen LogP contribution is 2.35. The summed E-state index contributed by atoms with van der Waals surface area (Å²) < 4.78 is 0. The Balaban J connectivity index is 1.19. The first kappa shape index (κ1) is 18.7. The second kappa shape index (κ2) is 7.82. The quantitative estimate of drug-likeness (QED) is 0.644. The van der Waals surface area contributed by atoms with E-state index >= 15 is 0 Å². The van der Waals surface area contributed by atoms with Crippen molar-refractivity contribution in [2.75, 3.05) is 13.1 Å². The predicted molar refractivity (Wildman–Crippen MR) is 113 cm³/mol. The van der Waals surface area contributed by atoms with Gasteiger partial charge in [0, 0.05) is 60.3 Å². The monoisotopic (exact) mass is 394 g/mol. The van der Waals surface area contributed by atoms with Gasteiger partial charge in [-0.15, -0.1) is 0 Å². The number of likely N-dealkylation sites (tertiary alicyclic amines) is 1. The van der Waals surface area contributed by atoms with Crippen molar-refractivity contribution >= 4 is 22.7 Å². The number of amides is 2. The molecule has 2 saturated carbocycles. The summed E-state index contributed by atoms with van der Waals surface area (Å²) in [6, 6.07) is 8.80. The van der Waals surface area contributed by atoms with E-state index in [1.807, 2.05) is 30.5 Å². The van der Waals surface area contributed by atoms with E-state index in [0.29, 0.717) is 36.7 Å². The maximum atomic E-state index is 12.7. The Morgan fingerprint density at radius 2 is 1.86 bits per heavy atom. The van der Waals surface area contributed by atoms with Crippen molar-refractivity contribution in [1.29, 1.82) is 0 Å². The summed E-state index contributed by atoms with van der Waals surface area (Å²) >= 11 is 0. The third kappa shape index (κ3) is 4.47. The highest BCUT2D eigenvalue weighted by molar-refractivity contribution is 5.98. The molecule has 2 heterocycles. The van der Waals surface area contributed by atoms with Gasteiger partial charge in [-0.1, -0.05) is 0 Å². The number of hydrogen-bond acceptors (Lipinski definition) is 3. The first-order valence-electron chi connectivity index (χ1n) is 11.1. The van der Waals surface area contributed by atoms with Gasteiger partial charge in [-0.25, -0.2) is 0 Å². The SMILES string of the molecule is O=C(C[C@H]1CC[C@@H](CNC(=O)c2ccc3[nH]ccc3c2)N1CC1CC1)NC1CC1. The second-order valence-corrected chi connectivity index (χ2v) is 9.06. The van der Waals surface area contributed by atoms with Crippen LogP contribution in [0.3, 0.4) is 0 Å². The maximum absolute atomic E-state index is 12.7. The van der Waals surface area contributed by atoms with Crippen LogP contribution >= 0.6 is 0 Å². The minimum absolute atomic E-state index is 0.0191. The lowest BCUT2D eigenvalue weighted by Gasteiger charge is -2.30. The molecule has 2 aliphatic carbocycles. The topological polar surface area (TPSA) is 77.2 Å². The van der Waals surface area contributed by atoms with E-state index < -0.39 is 0 Å². The summed E-state index contributed by atoms with van der Waals surface area (Å²) in [5, 5.41) is 7.33. The van der Waals surface area contributed by atoms with Gasteiger partial charge in [-0.05, 0) is 68.7 Å². The number of nitrogens with zero attached hydrogens (tertiary/aromatic N) is 1. The van der Waals surface area contributed by atoms with Crippen LogP contribution in [0.25, 0.3) is 10.9 Å². The number of hydrogen-bond donors (Lipinski definition) is 3. The lowest BCUT2D eigenvalue weighted by molar-refractivity contribution is -0.122. The van der Waals surface area contributed by atoms with Crippen molar-refractivity contribution in [3.05, 3.63) is 36.0 Å². The number of carbonyl (C=O) groups is 2. The van der Waals surface area contributed by atoms with Crippen molar-refractivity contribution < 1.29 is 9.59 Å². The Bertz CT molecular complexity index is 899. The molecule has 6 nitrogen and oxygen atoms in total. The molecule has 3 N–H and O–H groups in total. The van der Waals surface area contributed by atoms with E-state index in [1.54, 1.807) is 0 Å². The van der Waals surface area contributed by atoms with Crippen LogP contribution in [-0.4, -0.2) is 52.9 Å². The van der Waals surface area contributed by atoms with Crippen molar-refractivity contribution in [3.63, 3.8) is 0 Å². The summed E-state index contributed by atoms with van der Waals surface area (Å²) in [5.74, 6) is 0.952. The third-order valence-electron chi connectivity index (χ3n) is 6.61. The highest BCUT2D eigenvalue weighted by atomic mass is 16.2. The standard InChI is InChI=1S/C23H30N4O2/c28-22(26-18-4-5-18)12-19-6-7-20(27(19)14-15-1-2-15)13-25-23(29)17-3-8-21-16(11-17)9-10-24-21/h3,8-11,15,18-20,24H,1-2,4-7,12-14H2,(H,25,29)(H,26,28)/t19-,20+/m1/s1. The number of nitrogens with one attached hydrogen (secondary N) is 3. The van der Waals surface area contributed by atoms with Crippen LogP contribution in [0.5, 0.6) is 0 Å².